The Balaban J connectivity index is 1.47. The zero-order valence-electron chi connectivity index (χ0n) is 16.9. The highest BCUT2D eigenvalue weighted by Gasteiger charge is 2.25. The fraction of sp³-hybridized carbons (Fsp3) is 0.591. The fourth-order valence-corrected chi connectivity index (χ4v) is 4.08. The largest absolute Gasteiger partial charge is 0.377 e. The lowest BCUT2D eigenvalue weighted by atomic mass is 10.0. The number of nitrogens with one attached hydrogen (secondary N) is 1. The van der Waals surface area contributed by atoms with Crippen LogP contribution in [0.15, 0.2) is 47.0 Å². The Bertz CT molecular complexity index is 620. The molecule has 2 aliphatic heterocycles. The van der Waals surface area contributed by atoms with Crippen molar-refractivity contribution in [3.8, 4) is 0 Å². The quantitative estimate of drug-likeness (QED) is 0.475. The van der Waals surface area contributed by atoms with Crippen LogP contribution in [0.3, 0.4) is 0 Å². The third kappa shape index (κ3) is 5.56. The molecule has 0 aliphatic carbocycles. The molecule has 27 heavy (non-hydrogen) atoms. The summed E-state index contributed by atoms with van der Waals surface area (Å²) >= 11 is 0. The average molecular weight is 371 g/mol. The maximum atomic E-state index is 5.38. The molecular weight excluding hydrogens is 336 g/mol. The first-order valence-corrected chi connectivity index (χ1v) is 10.3. The summed E-state index contributed by atoms with van der Waals surface area (Å²) in [5.74, 6) is 1.04. The summed E-state index contributed by atoms with van der Waals surface area (Å²) in [6.07, 6.45) is 5.52. The van der Waals surface area contributed by atoms with Gasteiger partial charge in [-0.2, -0.15) is 0 Å². The van der Waals surface area contributed by atoms with Gasteiger partial charge in [0.25, 0.3) is 0 Å². The standard InChI is InChI=1S/C22H34N4O/c1-3-21(20-7-5-4-6-8-20)25-13-15-26(16-14-25)22(23-2)24-12-9-19-10-17-27-18-11-19/h4-8,10,21H,3,9,11-18H2,1-2H3,(H,23,24). The average Bonchev–Trinajstić information content (AvgIpc) is 2.74. The second kappa shape index (κ2) is 10.5. The van der Waals surface area contributed by atoms with E-state index in [1.54, 1.807) is 0 Å². The van der Waals surface area contributed by atoms with Gasteiger partial charge in [-0.25, -0.2) is 0 Å². The third-order valence-corrected chi connectivity index (χ3v) is 5.62. The van der Waals surface area contributed by atoms with Gasteiger partial charge in [-0.05, 0) is 24.8 Å². The van der Waals surface area contributed by atoms with Crippen molar-refractivity contribution in [2.45, 2.75) is 32.2 Å². The summed E-state index contributed by atoms with van der Waals surface area (Å²) in [4.78, 5) is 9.52. The molecule has 0 spiro atoms. The lowest BCUT2D eigenvalue weighted by Crippen LogP contribution is -2.53. The van der Waals surface area contributed by atoms with Crippen LogP contribution in [0.25, 0.3) is 0 Å². The molecule has 1 N–H and O–H groups in total. The van der Waals surface area contributed by atoms with Gasteiger partial charge in [0.05, 0.1) is 13.2 Å². The molecule has 1 saturated heterocycles. The minimum absolute atomic E-state index is 0.517. The van der Waals surface area contributed by atoms with Crippen molar-refractivity contribution >= 4 is 5.96 Å². The van der Waals surface area contributed by atoms with Gasteiger partial charge in [-0.15, -0.1) is 0 Å². The zero-order valence-corrected chi connectivity index (χ0v) is 16.9. The summed E-state index contributed by atoms with van der Waals surface area (Å²) in [5.41, 5.74) is 2.93. The number of piperazine rings is 1. The number of benzene rings is 1. The molecule has 2 aliphatic rings. The number of guanidine groups is 1. The molecule has 1 aromatic rings. The zero-order chi connectivity index (χ0) is 18.9. The topological polar surface area (TPSA) is 40.1 Å². The molecule has 3 rings (SSSR count). The Hall–Kier alpha value is -1.85. The molecule has 0 aromatic heterocycles. The highest BCUT2D eigenvalue weighted by Crippen LogP contribution is 2.25. The molecule has 5 heteroatoms. The number of ether oxygens (including phenoxy) is 1. The molecule has 2 heterocycles. The number of aliphatic imine (C=N–C) groups is 1. The van der Waals surface area contributed by atoms with E-state index in [1.165, 1.54) is 11.1 Å². The smallest absolute Gasteiger partial charge is 0.193 e. The first-order chi connectivity index (χ1) is 13.3. The Labute approximate surface area is 164 Å². The minimum atomic E-state index is 0.517. The maximum Gasteiger partial charge on any atom is 0.193 e. The van der Waals surface area contributed by atoms with E-state index in [0.29, 0.717) is 6.04 Å². The Morgan fingerprint density at radius 2 is 1.96 bits per heavy atom. The van der Waals surface area contributed by atoms with Gasteiger partial charge < -0.3 is 15.0 Å². The summed E-state index contributed by atoms with van der Waals surface area (Å²) in [6, 6.07) is 11.4. The van der Waals surface area contributed by atoms with Gasteiger partial charge in [-0.3, -0.25) is 9.89 Å². The van der Waals surface area contributed by atoms with Crippen molar-refractivity contribution in [2.24, 2.45) is 4.99 Å². The van der Waals surface area contributed by atoms with Gasteiger partial charge >= 0.3 is 0 Å². The summed E-state index contributed by atoms with van der Waals surface area (Å²) in [6.45, 7) is 9.08. The Morgan fingerprint density at radius 3 is 2.59 bits per heavy atom. The van der Waals surface area contributed by atoms with Crippen LogP contribution in [0.2, 0.25) is 0 Å². The molecule has 1 atom stereocenters. The molecule has 0 saturated carbocycles. The van der Waals surface area contributed by atoms with E-state index in [1.807, 2.05) is 7.05 Å². The third-order valence-electron chi connectivity index (χ3n) is 5.62. The monoisotopic (exact) mass is 370 g/mol. The first kappa shape index (κ1) is 19.9. The van der Waals surface area contributed by atoms with Crippen molar-refractivity contribution in [1.29, 1.82) is 0 Å². The van der Waals surface area contributed by atoms with E-state index >= 15 is 0 Å². The van der Waals surface area contributed by atoms with E-state index in [0.717, 1.165) is 71.2 Å². The fourth-order valence-electron chi connectivity index (χ4n) is 4.08. The highest BCUT2D eigenvalue weighted by molar-refractivity contribution is 5.80. The molecule has 1 fully saturated rings. The number of nitrogens with zero attached hydrogens (tertiary/aromatic N) is 3. The molecule has 0 bridgehead atoms. The van der Waals surface area contributed by atoms with Crippen LogP contribution < -0.4 is 5.32 Å². The van der Waals surface area contributed by atoms with Crippen molar-refractivity contribution in [1.82, 2.24) is 15.1 Å². The van der Waals surface area contributed by atoms with Gasteiger partial charge in [0.1, 0.15) is 0 Å². The minimum Gasteiger partial charge on any atom is -0.377 e. The van der Waals surface area contributed by atoms with E-state index < -0.39 is 0 Å². The molecule has 0 radical (unpaired) electrons. The van der Waals surface area contributed by atoms with Crippen LogP contribution in [0, 0.1) is 0 Å². The number of rotatable bonds is 6. The van der Waals surface area contributed by atoms with Crippen LogP contribution in [0.1, 0.15) is 37.8 Å². The number of hydrogen-bond donors (Lipinski definition) is 1. The molecule has 1 unspecified atom stereocenters. The SMILES string of the molecule is CCC(c1ccccc1)N1CCN(C(=NC)NCCC2=CCOCC2)CC1. The van der Waals surface area contributed by atoms with Crippen LogP contribution >= 0.6 is 0 Å². The van der Waals surface area contributed by atoms with E-state index in [4.69, 9.17) is 4.74 Å². The van der Waals surface area contributed by atoms with Crippen LogP contribution in [-0.2, 0) is 4.74 Å². The molecule has 0 amide bonds. The first-order valence-electron chi connectivity index (χ1n) is 10.3. The molecule has 1 aromatic carbocycles. The summed E-state index contributed by atoms with van der Waals surface area (Å²) in [5, 5.41) is 3.55. The van der Waals surface area contributed by atoms with Crippen molar-refractivity contribution < 1.29 is 4.74 Å². The highest BCUT2D eigenvalue weighted by atomic mass is 16.5. The normalized spacial score (nSPS) is 20.3. The molecular formula is C22H34N4O. The van der Waals surface area contributed by atoms with Gasteiger partial charge in [0, 0.05) is 45.8 Å². The maximum absolute atomic E-state index is 5.38. The van der Waals surface area contributed by atoms with E-state index in [9.17, 15) is 0 Å². The number of hydrogen-bond acceptors (Lipinski definition) is 3. The van der Waals surface area contributed by atoms with Gasteiger partial charge in [-0.1, -0.05) is 48.9 Å². The van der Waals surface area contributed by atoms with Crippen molar-refractivity contribution in [3.63, 3.8) is 0 Å². The Kier molecular flexibility index (Phi) is 7.72. The van der Waals surface area contributed by atoms with Gasteiger partial charge in [0.2, 0.25) is 0 Å². The van der Waals surface area contributed by atoms with Crippen LogP contribution in [0.5, 0.6) is 0 Å². The summed E-state index contributed by atoms with van der Waals surface area (Å²) < 4.78 is 5.38. The molecule has 5 nitrogen and oxygen atoms in total. The lowest BCUT2D eigenvalue weighted by molar-refractivity contribution is 0.127. The Morgan fingerprint density at radius 1 is 1.19 bits per heavy atom. The van der Waals surface area contributed by atoms with Crippen LogP contribution in [-0.4, -0.2) is 68.7 Å². The van der Waals surface area contributed by atoms with Crippen molar-refractivity contribution in [2.75, 3.05) is 53.0 Å². The van der Waals surface area contributed by atoms with Crippen molar-refractivity contribution in [3.05, 3.63) is 47.5 Å². The van der Waals surface area contributed by atoms with E-state index in [2.05, 4.69) is 63.4 Å². The van der Waals surface area contributed by atoms with Crippen LogP contribution in [0.4, 0.5) is 0 Å². The van der Waals surface area contributed by atoms with Gasteiger partial charge in [0.15, 0.2) is 5.96 Å². The second-order valence-corrected chi connectivity index (χ2v) is 7.27. The summed E-state index contributed by atoms with van der Waals surface area (Å²) in [7, 11) is 1.89. The second-order valence-electron chi connectivity index (χ2n) is 7.27. The van der Waals surface area contributed by atoms with E-state index in [-0.39, 0.29) is 0 Å². The molecule has 148 valence electrons. The predicted molar refractivity (Wildman–Crippen MR) is 112 cm³/mol. The predicted octanol–water partition coefficient (Wildman–Crippen LogP) is 3.07. The lowest BCUT2D eigenvalue weighted by Gasteiger charge is -2.40.